The maximum atomic E-state index is 12.9. The van der Waals surface area contributed by atoms with E-state index in [1.165, 1.54) is 6.07 Å². The largest absolute Gasteiger partial charge is 0.362 e. The molecule has 31 heavy (non-hydrogen) atoms. The summed E-state index contributed by atoms with van der Waals surface area (Å²) >= 11 is 0. The van der Waals surface area contributed by atoms with E-state index in [9.17, 15) is 14.9 Å². The Kier molecular flexibility index (Phi) is 7.21. The van der Waals surface area contributed by atoms with Crippen molar-refractivity contribution in [2.75, 3.05) is 44.2 Å². The molecule has 0 aromatic heterocycles. The quantitative estimate of drug-likeness (QED) is 0.503. The predicted octanol–water partition coefficient (Wildman–Crippen LogP) is 3.20. The van der Waals surface area contributed by atoms with Gasteiger partial charge in [0.2, 0.25) is 5.91 Å². The van der Waals surface area contributed by atoms with Crippen LogP contribution in [0.25, 0.3) is 0 Å². The van der Waals surface area contributed by atoms with Gasteiger partial charge in [0.25, 0.3) is 5.69 Å². The number of carbonyl (C=O) groups excluding carboxylic acids is 1. The van der Waals surface area contributed by atoms with Crippen LogP contribution < -0.4 is 4.90 Å². The number of likely N-dealkylation sites (N-methyl/N-ethyl adjacent to an activating group) is 1. The first-order chi connectivity index (χ1) is 14.9. The number of nitro groups is 1. The van der Waals surface area contributed by atoms with Gasteiger partial charge >= 0.3 is 0 Å². The number of anilines is 1. The van der Waals surface area contributed by atoms with Crippen molar-refractivity contribution in [1.29, 1.82) is 5.26 Å². The van der Waals surface area contributed by atoms with Crippen LogP contribution in [0, 0.1) is 21.4 Å². The first-order valence-corrected chi connectivity index (χ1v) is 10.4. The van der Waals surface area contributed by atoms with Crippen LogP contribution in [-0.4, -0.2) is 59.9 Å². The molecule has 1 aliphatic rings. The minimum atomic E-state index is -0.365. The summed E-state index contributed by atoms with van der Waals surface area (Å²) in [6.07, 6.45) is 0. The lowest BCUT2D eigenvalue weighted by Gasteiger charge is -2.37. The van der Waals surface area contributed by atoms with E-state index >= 15 is 0 Å². The topological polar surface area (TPSA) is 93.7 Å². The molecule has 1 unspecified atom stereocenters. The molecule has 2 aromatic rings. The fourth-order valence-corrected chi connectivity index (χ4v) is 3.93. The molecule has 0 bridgehead atoms. The monoisotopic (exact) mass is 421 g/mol. The van der Waals surface area contributed by atoms with Gasteiger partial charge in [-0.1, -0.05) is 31.2 Å². The fourth-order valence-electron chi connectivity index (χ4n) is 3.93. The molecular weight excluding hydrogens is 394 g/mol. The van der Waals surface area contributed by atoms with Crippen LogP contribution in [-0.2, 0) is 4.79 Å². The normalized spacial score (nSPS) is 14.9. The molecule has 1 fully saturated rings. The van der Waals surface area contributed by atoms with E-state index in [1.54, 1.807) is 30.3 Å². The van der Waals surface area contributed by atoms with Crippen molar-refractivity contribution in [3.63, 3.8) is 0 Å². The zero-order valence-electron chi connectivity index (χ0n) is 17.9. The van der Waals surface area contributed by atoms with E-state index in [4.69, 9.17) is 5.26 Å². The van der Waals surface area contributed by atoms with Gasteiger partial charge in [-0.3, -0.25) is 19.8 Å². The second-order valence-corrected chi connectivity index (χ2v) is 7.59. The summed E-state index contributed by atoms with van der Waals surface area (Å²) < 4.78 is 0. The van der Waals surface area contributed by atoms with Gasteiger partial charge in [-0.05, 0) is 37.2 Å². The zero-order chi connectivity index (χ0) is 22.4. The fraction of sp³-hybridized carbons (Fsp3) is 0.391. The minimum Gasteiger partial charge on any atom is -0.362 e. The van der Waals surface area contributed by atoms with E-state index in [0.717, 1.165) is 12.1 Å². The highest BCUT2D eigenvalue weighted by atomic mass is 16.6. The molecule has 8 heteroatoms. The SMILES string of the molecule is CCN(CC(=O)N1CCN(c2ccccc2[N+](=O)[O-])CC1)C(C)c1ccc(C#N)cc1. The van der Waals surface area contributed by atoms with Gasteiger partial charge < -0.3 is 9.80 Å². The lowest BCUT2D eigenvalue weighted by atomic mass is 10.0. The van der Waals surface area contributed by atoms with Gasteiger partial charge in [0.15, 0.2) is 0 Å². The first kappa shape index (κ1) is 22.2. The van der Waals surface area contributed by atoms with Crippen molar-refractivity contribution in [1.82, 2.24) is 9.80 Å². The molecule has 2 aromatic carbocycles. The molecule has 0 radical (unpaired) electrons. The average molecular weight is 422 g/mol. The Balaban J connectivity index is 1.60. The van der Waals surface area contributed by atoms with Crippen LogP contribution >= 0.6 is 0 Å². The third-order valence-corrected chi connectivity index (χ3v) is 5.87. The molecule has 0 N–H and O–H groups in total. The van der Waals surface area contributed by atoms with Crippen LogP contribution in [0.15, 0.2) is 48.5 Å². The van der Waals surface area contributed by atoms with Gasteiger partial charge in [0.05, 0.1) is 23.1 Å². The van der Waals surface area contributed by atoms with Gasteiger partial charge in [-0.25, -0.2) is 0 Å². The van der Waals surface area contributed by atoms with Crippen molar-refractivity contribution in [2.45, 2.75) is 19.9 Å². The number of para-hydroxylation sites is 2. The standard InChI is InChI=1S/C23H27N5O3/c1-3-25(18(2)20-10-8-19(16-24)9-11-20)17-23(29)27-14-12-26(13-15-27)21-6-4-5-7-22(21)28(30)31/h4-11,18H,3,12-15,17H2,1-2H3. The Bertz CT molecular complexity index is 962. The third-order valence-electron chi connectivity index (χ3n) is 5.87. The molecule has 3 rings (SSSR count). The summed E-state index contributed by atoms with van der Waals surface area (Å²) in [4.78, 5) is 29.8. The lowest BCUT2D eigenvalue weighted by molar-refractivity contribution is -0.384. The Hall–Kier alpha value is -3.44. The molecule has 1 amide bonds. The van der Waals surface area contributed by atoms with E-state index in [1.807, 2.05) is 28.9 Å². The zero-order valence-corrected chi connectivity index (χ0v) is 17.9. The minimum absolute atomic E-state index is 0.0509. The molecule has 0 aliphatic carbocycles. The first-order valence-electron chi connectivity index (χ1n) is 10.4. The number of benzene rings is 2. The number of nitrogens with zero attached hydrogens (tertiary/aromatic N) is 5. The maximum Gasteiger partial charge on any atom is 0.292 e. The summed E-state index contributed by atoms with van der Waals surface area (Å²) in [6.45, 7) is 7.32. The maximum absolute atomic E-state index is 12.9. The molecular formula is C23H27N5O3. The number of nitro benzene ring substituents is 1. The molecule has 162 valence electrons. The van der Waals surface area contributed by atoms with Gasteiger partial charge in [0.1, 0.15) is 5.69 Å². The highest BCUT2D eigenvalue weighted by Crippen LogP contribution is 2.28. The second-order valence-electron chi connectivity index (χ2n) is 7.59. The van der Waals surface area contributed by atoms with Crippen molar-refractivity contribution >= 4 is 17.3 Å². The summed E-state index contributed by atoms with van der Waals surface area (Å²) in [5.41, 5.74) is 2.38. The highest BCUT2D eigenvalue weighted by Gasteiger charge is 2.27. The number of hydrogen-bond donors (Lipinski definition) is 0. The molecule has 0 saturated carbocycles. The summed E-state index contributed by atoms with van der Waals surface area (Å²) in [6, 6.07) is 16.4. The number of carbonyl (C=O) groups is 1. The second kappa shape index (κ2) is 10.0. The number of rotatable bonds is 7. The van der Waals surface area contributed by atoms with Gasteiger partial charge in [-0.2, -0.15) is 5.26 Å². The lowest BCUT2D eigenvalue weighted by Crippen LogP contribution is -2.51. The number of piperazine rings is 1. The Morgan fingerprint density at radius 1 is 1.16 bits per heavy atom. The van der Waals surface area contributed by atoms with Crippen LogP contribution in [0.5, 0.6) is 0 Å². The summed E-state index contributed by atoms with van der Waals surface area (Å²) in [7, 11) is 0. The molecule has 1 atom stereocenters. The Morgan fingerprint density at radius 3 is 2.39 bits per heavy atom. The molecule has 1 heterocycles. The van der Waals surface area contributed by atoms with E-state index in [2.05, 4.69) is 17.9 Å². The van der Waals surface area contributed by atoms with Gasteiger partial charge in [-0.15, -0.1) is 0 Å². The van der Waals surface area contributed by atoms with Gasteiger partial charge in [0, 0.05) is 38.3 Å². The van der Waals surface area contributed by atoms with Crippen LogP contribution in [0.4, 0.5) is 11.4 Å². The highest BCUT2D eigenvalue weighted by molar-refractivity contribution is 5.79. The number of nitriles is 1. The third kappa shape index (κ3) is 5.19. The smallest absolute Gasteiger partial charge is 0.292 e. The van der Waals surface area contributed by atoms with Crippen LogP contribution in [0.1, 0.15) is 31.0 Å². The average Bonchev–Trinajstić information content (AvgIpc) is 2.82. The number of amides is 1. The van der Waals surface area contributed by atoms with E-state index in [-0.39, 0.29) is 22.6 Å². The van der Waals surface area contributed by atoms with E-state index in [0.29, 0.717) is 44.0 Å². The molecule has 1 aliphatic heterocycles. The molecule has 0 spiro atoms. The molecule has 8 nitrogen and oxygen atoms in total. The number of hydrogen-bond acceptors (Lipinski definition) is 6. The van der Waals surface area contributed by atoms with Crippen molar-refractivity contribution in [2.24, 2.45) is 0 Å². The Morgan fingerprint density at radius 2 is 1.81 bits per heavy atom. The van der Waals surface area contributed by atoms with Crippen LogP contribution in [0.3, 0.4) is 0 Å². The molecule has 1 saturated heterocycles. The van der Waals surface area contributed by atoms with E-state index < -0.39 is 0 Å². The van der Waals surface area contributed by atoms with Crippen LogP contribution in [0.2, 0.25) is 0 Å². The summed E-state index contributed by atoms with van der Waals surface area (Å²) in [5, 5.41) is 20.3. The van der Waals surface area contributed by atoms with Crippen molar-refractivity contribution in [3.05, 3.63) is 69.8 Å². The van der Waals surface area contributed by atoms with Crippen molar-refractivity contribution in [3.8, 4) is 6.07 Å². The Labute approximate surface area is 182 Å². The predicted molar refractivity (Wildman–Crippen MR) is 119 cm³/mol. The van der Waals surface area contributed by atoms with Crippen molar-refractivity contribution < 1.29 is 9.72 Å². The summed E-state index contributed by atoms with van der Waals surface area (Å²) in [5.74, 6) is 0.0598.